The van der Waals surface area contributed by atoms with E-state index in [1.54, 1.807) is 4.90 Å². The van der Waals surface area contributed by atoms with Crippen molar-refractivity contribution in [2.45, 2.75) is 44.6 Å². The summed E-state index contributed by atoms with van der Waals surface area (Å²) in [7, 11) is 0. The van der Waals surface area contributed by atoms with Gasteiger partial charge in [-0.25, -0.2) is 4.39 Å². The van der Waals surface area contributed by atoms with Crippen LogP contribution >= 0.6 is 0 Å². The van der Waals surface area contributed by atoms with E-state index in [0.29, 0.717) is 12.5 Å². The second-order valence-corrected chi connectivity index (χ2v) is 5.89. The first kappa shape index (κ1) is 13.4. The fraction of sp³-hybridized carbons (Fsp3) is 0.562. The fourth-order valence-corrected chi connectivity index (χ4v) is 3.75. The van der Waals surface area contributed by atoms with Crippen molar-refractivity contribution in [3.05, 3.63) is 29.6 Å². The number of benzene rings is 1. The van der Waals surface area contributed by atoms with Crippen LogP contribution in [0.3, 0.4) is 0 Å². The summed E-state index contributed by atoms with van der Waals surface area (Å²) < 4.78 is 13.9. The number of hydrogen-bond donors (Lipinski definition) is 1. The molecule has 1 unspecified atom stereocenters. The second-order valence-electron chi connectivity index (χ2n) is 5.89. The Hall–Kier alpha value is -1.58. The Balaban J connectivity index is 1.85. The molecule has 20 heavy (non-hydrogen) atoms. The zero-order valence-electron chi connectivity index (χ0n) is 11.5. The topological polar surface area (TPSA) is 40.5 Å². The minimum atomic E-state index is -0.632. The van der Waals surface area contributed by atoms with E-state index in [0.717, 1.165) is 25.7 Å². The standard InChI is InChI=1S/C16H20FNO2/c17-12-7-3-9-14(19)15(12)16(20)18-10-4-8-13(18)11-5-1-2-6-11/h3,7,9,11,13,19H,1-2,4-6,8,10H2. The molecule has 108 valence electrons. The van der Waals surface area contributed by atoms with E-state index in [4.69, 9.17) is 0 Å². The maximum Gasteiger partial charge on any atom is 0.260 e. The minimum Gasteiger partial charge on any atom is -0.507 e. The first-order valence-electron chi connectivity index (χ1n) is 7.47. The Morgan fingerprint density at radius 2 is 1.95 bits per heavy atom. The summed E-state index contributed by atoms with van der Waals surface area (Å²) in [5.74, 6) is -0.690. The molecule has 1 aliphatic heterocycles. The van der Waals surface area contributed by atoms with Crippen molar-refractivity contribution in [1.29, 1.82) is 0 Å². The molecule has 1 heterocycles. The highest BCUT2D eigenvalue weighted by molar-refractivity contribution is 5.97. The van der Waals surface area contributed by atoms with Gasteiger partial charge >= 0.3 is 0 Å². The first-order chi connectivity index (χ1) is 9.68. The monoisotopic (exact) mass is 277 g/mol. The van der Waals surface area contributed by atoms with E-state index < -0.39 is 5.82 Å². The number of halogens is 1. The third-order valence-corrected chi connectivity index (χ3v) is 4.71. The normalized spacial score (nSPS) is 23.4. The summed E-state index contributed by atoms with van der Waals surface area (Å²) in [6, 6.07) is 4.24. The van der Waals surface area contributed by atoms with Crippen molar-refractivity contribution in [3.63, 3.8) is 0 Å². The molecule has 1 amide bonds. The summed E-state index contributed by atoms with van der Waals surface area (Å²) in [6.07, 6.45) is 6.77. The molecule has 2 aliphatic rings. The van der Waals surface area contributed by atoms with Gasteiger partial charge in [-0.2, -0.15) is 0 Å². The Morgan fingerprint density at radius 1 is 1.20 bits per heavy atom. The van der Waals surface area contributed by atoms with Gasteiger partial charge < -0.3 is 10.0 Å². The number of likely N-dealkylation sites (tertiary alicyclic amines) is 1. The van der Waals surface area contributed by atoms with Crippen LogP contribution in [0.15, 0.2) is 18.2 Å². The molecule has 1 aromatic carbocycles. The molecule has 1 saturated carbocycles. The van der Waals surface area contributed by atoms with Crippen molar-refractivity contribution in [2.24, 2.45) is 5.92 Å². The minimum absolute atomic E-state index is 0.169. The summed E-state index contributed by atoms with van der Waals surface area (Å²) >= 11 is 0. The van der Waals surface area contributed by atoms with Crippen LogP contribution in [0.25, 0.3) is 0 Å². The van der Waals surface area contributed by atoms with Gasteiger partial charge in [-0.05, 0) is 43.7 Å². The number of phenolic OH excluding ortho intramolecular Hbond substituents is 1. The Morgan fingerprint density at radius 3 is 2.65 bits per heavy atom. The Labute approximate surface area is 118 Å². The summed E-state index contributed by atoms with van der Waals surface area (Å²) in [5, 5.41) is 9.79. The summed E-state index contributed by atoms with van der Waals surface area (Å²) in [4.78, 5) is 14.4. The molecule has 1 atom stereocenters. The number of phenols is 1. The number of carbonyl (C=O) groups is 1. The predicted octanol–water partition coefficient (Wildman–Crippen LogP) is 3.33. The van der Waals surface area contributed by atoms with Gasteiger partial charge in [0.15, 0.2) is 0 Å². The SMILES string of the molecule is O=C(c1c(O)cccc1F)N1CCCC1C1CCCC1. The van der Waals surface area contributed by atoms with E-state index in [1.807, 2.05) is 0 Å². The molecule has 2 fully saturated rings. The molecule has 1 N–H and O–H groups in total. The van der Waals surface area contributed by atoms with Crippen molar-refractivity contribution in [2.75, 3.05) is 6.54 Å². The van der Waals surface area contributed by atoms with Gasteiger partial charge in [0.25, 0.3) is 5.91 Å². The lowest BCUT2D eigenvalue weighted by Gasteiger charge is -2.29. The number of amides is 1. The average molecular weight is 277 g/mol. The molecular weight excluding hydrogens is 257 g/mol. The number of nitrogens with zero attached hydrogens (tertiary/aromatic N) is 1. The van der Waals surface area contributed by atoms with Gasteiger partial charge in [-0.1, -0.05) is 18.9 Å². The summed E-state index contributed by atoms with van der Waals surface area (Å²) in [5.41, 5.74) is -0.169. The predicted molar refractivity (Wildman–Crippen MR) is 74.1 cm³/mol. The van der Waals surface area contributed by atoms with Gasteiger partial charge in [-0.15, -0.1) is 0 Å². The van der Waals surface area contributed by atoms with Gasteiger partial charge in [-0.3, -0.25) is 4.79 Å². The van der Waals surface area contributed by atoms with Crippen molar-refractivity contribution in [1.82, 2.24) is 4.90 Å². The molecule has 0 bridgehead atoms. The number of hydrogen-bond acceptors (Lipinski definition) is 2. The van der Waals surface area contributed by atoms with Crippen molar-refractivity contribution in [3.8, 4) is 5.75 Å². The van der Waals surface area contributed by atoms with Crippen molar-refractivity contribution < 1.29 is 14.3 Å². The van der Waals surface area contributed by atoms with E-state index in [1.165, 1.54) is 31.0 Å². The highest BCUT2D eigenvalue weighted by atomic mass is 19.1. The lowest BCUT2D eigenvalue weighted by Crippen LogP contribution is -2.39. The largest absolute Gasteiger partial charge is 0.507 e. The third kappa shape index (κ3) is 2.28. The van der Waals surface area contributed by atoms with E-state index in [2.05, 4.69) is 0 Å². The molecular formula is C16H20FNO2. The van der Waals surface area contributed by atoms with Crippen LogP contribution in [0, 0.1) is 11.7 Å². The van der Waals surface area contributed by atoms with Gasteiger partial charge in [0.2, 0.25) is 0 Å². The number of carbonyl (C=O) groups excluding carboxylic acids is 1. The van der Waals surface area contributed by atoms with Crippen LogP contribution in [0.2, 0.25) is 0 Å². The lowest BCUT2D eigenvalue weighted by molar-refractivity contribution is 0.0681. The molecule has 1 aliphatic carbocycles. The third-order valence-electron chi connectivity index (χ3n) is 4.71. The van der Waals surface area contributed by atoms with Crippen LogP contribution < -0.4 is 0 Å². The number of aromatic hydroxyl groups is 1. The van der Waals surface area contributed by atoms with E-state index in [-0.39, 0.29) is 23.3 Å². The smallest absolute Gasteiger partial charge is 0.260 e. The van der Waals surface area contributed by atoms with E-state index in [9.17, 15) is 14.3 Å². The molecule has 0 radical (unpaired) electrons. The second kappa shape index (κ2) is 5.43. The van der Waals surface area contributed by atoms with Crippen LogP contribution in [-0.4, -0.2) is 28.5 Å². The van der Waals surface area contributed by atoms with Gasteiger partial charge in [0, 0.05) is 12.6 Å². The highest BCUT2D eigenvalue weighted by Crippen LogP contribution is 2.36. The summed E-state index contributed by atoms with van der Waals surface area (Å²) in [6.45, 7) is 0.674. The van der Waals surface area contributed by atoms with Crippen molar-refractivity contribution >= 4 is 5.91 Å². The van der Waals surface area contributed by atoms with Crippen LogP contribution in [0.4, 0.5) is 4.39 Å². The molecule has 3 nitrogen and oxygen atoms in total. The molecule has 0 spiro atoms. The molecule has 3 rings (SSSR count). The van der Waals surface area contributed by atoms with Gasteiger partial charge in [0.1, 0.15) is 17.1 Å². The molecule has 1 saturated heterocycles. The Kier molecular flexibility index (Phi) is 3.64. The zero-order valence-corrected chi connectivity index (χ0v) is 11.5. The van der Waals surface area contributed by atoms with Crippen LogP contribution in [-0.2, 0) is 0 Å². The Bertz CT molecular complexity index is 491. The fourth-order valence-electron chi connectivity index (χ4n) is 3.75. The quantitative estimate of drug-likeness (QED) is 0.900. The van der Waals surface area contributed by atoms with Crippen LogP contribution in [0.1, 0.15) is 48.9 Å². The van der Waals surface area contributed by atoms with Gasteiger partial charge in [0.05, 0.1) is 0 Å². The van der Waals surface area contributed by atoms with E-state index >= 15 is 0 Å². The molecule has 0 aromatic heterocycles. The van der Waals surface area contributed by atoms with Crippen LogP contribution in [0.5, 0.6) is 5.75 Å². The average Bonchev–Trinajstić information content (AvgIpc) is 3.09. The first-order valence-corrected chi connectivity index (χ1v) is 7.47. The number of rotatable bonds is 2. The maximum absolute atomic E-state index is 13.9. The zero-order chi connectivity index (χ0) is 14.1. The maximum atomic E-state index is 13.9. The molecule has 4 heteroatoms. The molecule has 1 aromatic rings. The highest BCUT2D eigenvalue weighted by Gasteiger charge is 2.37. The lowest BCUT2D eigenvalue weighted by atomic mass is 9.95.